The van der Waals surface area contributed by atoms with Crippen molar-refractivity contribution in [1.82, 2.24) is 0 Å². The van der Waals surface area contributed by atoms with Gasteiger partial charge in [0.25, 0.3) is 17.3 Å². The fraction of sp³-hybridized carbons (Fsp3) is 0.176. The molecule has 1 atom stereocenters. The number of carbonyl (C=O) groups excluding carboxylic acids is 2. The molecule has 2 aromatic rings. The van der Waals surface area contributed by atoms with Crippen molar-refractivity contribution in [1.29, 1.82) is 0 Å². The zero-order chi connectivity index (χ0) is 20.8. The second-order valence-corrected chi connectivity index (χ2v) is 5.58. The van der Waals surface area contributed by atoms with Crippen LogP contribution >= 0.6 is 0 Å². The summed E-state index contributed by atoms with van der Waals surface area (Å²) >= 11 is 0. The monoisotopic (exact) mass is 388 g/mol. The maximum absolute atomic E-state index is 12.2. The molecule has 0 aliphatic heterocycles. The zero-order valence-electron chi connectivity index (χ0n) is 14.9. The normalized spacial score (nSPS) is 11.2. The number of amides is 1. The highest BCUT2D eigenvalue weighted by atomic mass is 16.6. The molecular weight excluding hydrogens is 372 g/mol. The topological polar surface area (TPSA) is 154 Å². The molecule has 0 aliphatic carbocycles. The number of benzene rings is 2. The first-order valence-electron chi connectivity index (χ1n) is 7.95. The number of rotatable bonds is 7. The van der Waals surface area contributed by atoms with E-state index in [4.69, 9.17) is 4.74 Å². The van der Waals surface area contributed by atoms with Gasteiger partial charge >= 0.3 is 5.97 Å². The number of carbonyl (C=O) groups is 2. The van der Waals surface area contributed by atoms with E-state index in [2.05, 4.69) is 10.6 Å². The highest BCUT2D eigenvalue weighted by Crippen LogP contribution is 2.25. The van der Waals surface area contributed by atoms with Crippen LogP contribution in [-0.2, 0) is 9.53 Å². The Labute approximate surface area is 158 Å². The van der Waals surface area contributed by atoms with Crippen LogP contribution in [0.15, 0.2) is 42.5 Å². The summed E-state index contributed by atoms with van der Waals surface area (Å²) in [5.74, 6) is -1.57. The summed E-state index contributed by atoms with van der Waals surface area (Å²) in [5, 5.41) is 26.8. The van der Waals surface area contributed by atoms with E-state index in [0.29, 0.717) is 0 Å². The van der Waals surface area contributed by atoms with Crippen molar-refractivity contribution in [2.24, 2.45) is 0 Å². The third kappa shape index (κ3) is 4.78. The van der Waals surface area contributed by atoms with Gasteiger partial charge in [0.1, 0.15) is 5.69 Å². The highest BCUT2D eigenvalue weighted by Gasteiger charge is 2.22. The standard InChI is InChI=1S/C17H16N4O7/c1-10(16(22)19-12-4-6-13(7-5-12)20(24)25)28-17(23)11-3-8-14(18-2)15(9-11)21(26)27/h3-10,18H,1-2H3,(H,19,22). The molecule has 0 fully saturated rings. The van der Waals surface area contributed by atoms with E-state index >= 15 is 0 Å². The van der Waals surface area contributed by atoms with E-state index in [-0.39, 0.29) is 28.3 Å². The van der Waals surface area contributed by atoms with Crippen LogP contribution in [0.1, 0.15) is 17.3 Å². The zero-order valence-corrected chi connectivity index (χ0v) is 14.9. The Balaban J connectivity index is 2.05. The Morgan fingerprint density at radius 3 is 2.21 bits per heavy atom. The van der Waals surface area contributed by atoms with Crippen LogP contribution in [0.2, 0.25) is 0 Å². The Bertz CT molecular complexity index is 928. The second kappa shape index (κ2) is 8.58. The smallest absolute Gasteiger partial charge is 0.339 e. The van der Waals surface area contributed by atoms with Gasteiger partial charge in [0.15, 0.2) is 6.10 Å². The Morgan fingerprint density at radius 1 is 1.04 bits per heavy atom. The lowest BCUT2D eigenvalue weighted by atomic mass is 10.1. The second-order valence-electron chi connectivity index (χ2n) is 5.58. The fourth-order valence-electron chi connectivity index (χ4n) is 2.21. The average Bonchev–Trinajstić information content (AvgIpc) is 2.67. The highest BCUT2D eigenvalue weighted by molar-refractivity contribution is 5.97. The van der Waals surface area contributed by atoms with Crippen LogP contribution < -0.4 is 10.6 Å². The molecule has 0 spiro atoms. The quantitative estimate of drug-likeness (QED) is 0.417. The molecule has 11 nitrogen and oxygen atoms in total. The Morgan fingerprint density at radius 2 is 1.68 bits per heavy atom. The average molecular weight is 388 g/mol. The van der Waals surface area contributed by atoms with E-state index in [0.717, 1.165) is 6.07 Å². The van der Waals surface area contributed by atoms with Gasteiger partial charge in [0, 0.05) is 30.9 Å². The maximum Gasteiger partial charge on any atom is 0.339 e. The van der Waals surface area contributed by atoms with Crippen LogP contribution in [0.4, 0.5) is 22.7 Å². The number of nitrogens with one attached hydrogen (secondary N) is 2. The molecule has 0 aromatic heterocycles. The third-order valence-electron chi connectivity index (χ3n) is 3.70. The molecule has 0 aliphatic rings. The summed E-state index contributed by atoms with van der Waals surface area (Å²) < 4.78 is 5.04. The van der Waals surface area contributed by atoms with Gasteiger partial charge in [-0.2, -0.15) is 0 Å². The van der Waals surface area contributed by atoms with E-state index in [1.807, 2.05) is 0 Å². The summed E-state index contributed by atoms with van der Waals surface area (Å²) in [6.45, 7) is 1.33. The van der Waals surface area contributed by atoms with Crippen molar-refractivity contribution >= 4 is 34.6 Å². The summed E-state index contributed by atoms with van der Waals surface area (Å²) in [5.41, 5.74) is -0.0114. The van der Waals surface area contributed by atoms with Crippen LogP contribution in [0.25, 0.3) is 0 Å². The van der Waals surface area contributed by atoms with Crippen molar-refractivity contribution in [3.63, 3.8) is 0 Å². The number of non-ortho nitro benzene ring substituents is 1. The van der Waals surface area contributed by atoms with Crippen molar-refractivity contribution in [3.8, 4) is 0 Å². The molecular formula is C17H16N4O7. The van der Waals surface area contributed by atoms with E-state index in [1.54, 1.807) is 0 Å². The lowest BCUT2D eigenvalue weighted by molar-refractivity contribution is -0.384. The van der Waals surface area contributed by atoms with E-state index in [9.17, 15) is 29.8 Å². The van der Waals surface area contributed by atoms with Crippen LogP contribution in [0, 0.1) is 20.2 Å². The first-order valence-corrected chi connectivity index (χ1v) is 7.95. The van der Waals surface area contributed by atoms with Crippen molar-refractivity contribution < 1.29 is 24.2 Å². The van der Waals surface area contributed by atoms with Gasteiger partial charge in [-0.15, -0.1) is 0 Å². The van der Waals surface area contributed by atoms with Gasteiger partial charge in [0.2, 0.25) is 0 Å². The molecule has 2 N–H and O–H groups in total. The summed E-state index contributed by atoms with van der Waals surface area (Å²) in [6, 6.07) is 8.85. The van der Waals surface area contributed by atoms with Gasteiger partial charge in [-0.3, -0.25) is 25.0 Å². The first-order chi connectivity index (χ1) is 13.2. The molecule has 28 heavy (non-hydrogen) atoms. The van der Waals surface area contributed by atoms with Gasteiger partial charge < -0.3 is 15.4 Å². The summed E-state index contributed by atoms with van der Waals surface area (Å²) in [4.78, 5) is 44.8. The van der Waals surface area contributed by atoms with Gasteiger partial charge in [-0.25, -0.2) is 4.79 Å². The summed E-state index contributed by atoms with van der Waals surface area (Å²) in [6.07, 6.45) is -1.20. The van der Waals surface area contributed by atoms with Crippen molar-refractivity contribution in [3.05, 3.63) is 68.3 Å². The molecule has 0 radical (unpaired) electrons. The van der Waals surface area contributed by atoms with Crippen LogP contribution in [0.3, 0.4) is 0 Å². The fourth-order valence-corrected chi connectivity index (χ4v) is 2.21. The number of nitro benzene ring substituents is 2. The number of hydrogen-bond acceptors (Lipinski definition) is 8. The summed E-state index contributed by atoms with van der Waals surface area (Å²) in [7, 11) is 1.50. The van der Waals surface area contributed by atoms with Gasteiger partial charge in [-0.1, -0.05) is 0 Å². The maximum atomic E-state index is 12.2. The predicted molar refractivity (Wildman–Crippen MR) is 99.2 cm³/mol. The number of ether oxygens (including phenoxy) is 1. The van der Waals surface area contributed by atoms with Gasteiger partial charge in [-0.05, 0) is 31.2 Å². The molecule has 11 heteroatoms. The molecule has 146 valence electrons. The molecule has 0 heterocycles. The Hall–Kier alpha value is -4.02. The molecule has 0 bridgehead atoms. The third-order valence-corrected chi connectivity index (χ3v) is 3.70. The first kappa shape index (κ1) is 20.3. The molecule has 2 aromatic carbocycles. The molecule has 2 rings (SSSR count). The number of anilines is 2. The van der Waals surface area contributed by atoms with Crippen molar-refractivity contribution in [2.75, 3.05) is 17.7 Å². The van der Waals surface area contributed by atoms with Crippen LogP contribution in [-0.4, -0.2) is 34.9 Å². The van der Waals surface area contributed by atoms with Gasteiger partial charge in [0.05, 0.1) is 15.4 Å². The van der Waals surface area contributed by atoms with E-state index in [1.165, 1.54) is 50.4 Å². The lowest BCUT2D eigenvalue weighted by Crippen LogP contribution is -2.30. The molecule has 0 saturated carbocycles. The SMILES string of the molecule is CNc1ccc(C(=O)OC(C)C(=O)Nc2ccc([N+](=O)[O-])cc2)cc1[N+](=O)[O-]. The minimum absolute atomic E-state index is 0.0827. The predicted octanol–water partition coefficient (Wildman–Crippen LogP) is 2.73. The molecule has 0 saturated heterocycles. The van der Waals surface area contributed by atoms with Crippen LogP contribution in [0.5, 0.6) is 0 Å². The largest absolute Gasteiger partial charge is 0.449 e. The lowest BCUT2D eigenvalue weighted by Gasteiger charge is -2.14. The van der Waals surface area contributed by atoms with E-state index < -0.39 is 27.8 Å². The number of nitrogens with zero attached hydrogens (tertiary/aromatic N) is 2. The Kier molecular flexibility index (Phi) is 6.22. The molecule has 1 amide bonds. The van der Waals surface area contributed by atoms with Crippen molar-refractivity contribution in [2.45, 2.75) is 13.0 Å². The molecule has 1 unspecified atom stereocenters. The number of esters is 1. The minimum Gasteiger partial charge on any atom is -0.449 e. The number of nitro groups is 2. The minimum atomic E-state index is -1.20. The number of hydrogen-bond donors (Lipinski definition) is 2.